The van der Waals surface area contributed by atoms with E-state index in [9.17, 15) is 9.59 Å². The van der Waals surface area contributed by atoms with Crippen LogP contribution in [0.2, 0.25) is 0 Å². The Balaban J connectivity index is 1.23. The average molecular weight is 443 g/mol. The maximum absolute atomic E-state index is 13.1. The lowest BCUT2D eigenvalue weighted by Gasteiger charge is -2.34. The van der Waals surface area contributed by atoms with Gasteiger partial charge in [-0.25, -0.2) is 4.98 Å². The Bertz CT molecular complexity index is 880. The maximum Gasteiger partial charge on any atom is 0.260 e. The van der Waals surface area contributed by atoms with Crippen molar-refractivity contribution in [2.45, 2.75) is 26.2 Å². The van der Waals surface area contributed by atoms with Crippen LogP contribution >= 0.6 is 11.3 Å². The molecular weight excluding hydrogens is 412 g/mol. The highest BCUT2D eigenvalue weighted by molar-refractivity contribution is 7.13. The summed E-state index contributed by atoms with van der Waals surface area (Å²) < 4.78 is 5.58. The molecule has 0 N–H and O–H groups in total. The number of amides is 2. The van der Waals surface area contributed by atoms with Gasteiger partial charge in [-0.15, -0.1) is 11.3 Å². The van der Waals surface area contributed by atoms with Crippen LogP contribution in [0.3, 0.4) is 0 Å². The van der Waals surface area contributed by atoms with Gasteiger partial charge in [-0.05, 0) is 38.3 Å². The van der Waals surface area contributed by atoms with Gasteiger partial charge in [0.05, 0.1) is 5.69 Å². The lowest BCUT2D eigenvalue weighted by Crippen LogP contribution is -2.46. The van der Waals surface area contributed by atoms with E-state index in [0.717, 1.165) is 56.3 Å². The minimum atomic E-state index is -0.0149. The minimum absolute atomic E-state index is 0.00717. The largest absolute Gasteiger partial charge is 0.484 e. The molecule has 3 heterocycles. The van der Waals surface area contributed by atoms with Gasteiger partial charge >= 0.3 is 0 Å². The Hall–Kier alpha value is -2.61. The van der Waals surface area contributed by atoms with Gasteiger partial charge in [0.1, 0.15) is 5.75 Å². The molecule has 1 aromatic carbocycles. The van der Waals surface area contributed by atoms with Crippen molar-refractivity contribution in [3.63, 3.8) is 0 Å². The van der Waals surface area contributed by atoms with Gasteiger partial charge in [-0.2, -0.15) is 0 Å². The first-order valence-corrected chi connectivity index (χ1v) is 11.9. The summed E-state index contributed by atoms with van der Waals surface area (Å²) in [5, 5.41) is 3.12. The minimum Gasteiger partial charge on any atom is -0.484 e. The highest BCUT2D eigenvalue weighted by atomic mass is 32.1. The first-order valence-electron chi connectivity index (χ1n) is 11.0. The van der Waals surface area contributed by atoms with Crippen LogP contribution in [0, 0.1) is 12.8 Å². The highest BCUT2D eigenvalue weighted by Gasteiger charge is 2.31. The molecule has 2 aliphatic heterocycles. The number of aromatic nitrogens is 1. The Labute approximate surface area is 187 Å². The highest BCUT2D eigenvalue weighted by Crippen LogP contribution is 2.24. The fraction of sp³-hybridized carbons (Fsp3) is 0.522. The van der Waals surface area contributed by atoms with Crippen molar-refractivity contribution < 1.29 is 14.3 Å². The molecule has 31 heavy (non-hydrogen) atoms. The van der Waals surface area contributed by atoms with Gasteiger partial charge in [-0.3, -0.25) is 9.59 Å². The molecule has 0 saturated carbocycles. The van der Waals surface area contributed by atoms with Crippen LogP contribution in [0.4, 0.5) is 5.13 Å². The van der Waals surface area contributed by atoms with Gasteiger partial charge in [0.2, 0.25) is 5.91 Å². The molecular formula is C23H30N4O3S. The number of hydrogen-bond acceptors (Lipinski definition) is 6. The number of carbonyl (C=O) groups is 2. The molecule has 8 heteroatoms. The van der Waals surface area contributed by atoms with Crippen LogP contribution in [0.15, 0.2) is 35.7 Å². The lowest BCUT2D eigenvalue weighted by molar-refractivity contribution is -0.141. The summed E-state index contributed by atoms with van der Waals surface area (Å²) in [6.07, 6.45) is 2.40. The number of ether oxygens (including phenoxy) is 1. The first kappa shape index (κ1) is 21.6. The molecule has 0 radical (unpaired) electrons. The van der Waals surface area contributed by atoms with Crippen LogP contribution < -0.4 is 9.64 Å². The van der Waals surface area contributed by atoms with E-state index >= 15 is 0 Å². The third-order valence-electron chi connectivity index (χ3n) is 5.99. The van der Waals surface area contributed by atoms with Crippen molar-refractivity contribution in [1.29, 1.82) is 0 Å². The number of carbonyl (C=O) groups excluding carboxylic acids is 2. The fourth-order valence-electron chi connectivity index (χ4n) is 4.20. The van der Waals surface area contributed by atoms with Crippen LogP contribution in [-0.4, -0.2) is 72.5 Å². The number of hydrogen-bond donors (Lipinski definition) is 0. The van der Waals surface area contributed by atoms with Crippen LogP contribution in [0.1, 0.15) is 25.0 Å². The molecule has 0 atom stereocenters. The third-order valence-corrected chi connectivity index (χ3v) is 7.01. The van der Waals surface area contributed by atoms with Crippen LogP contribution in [0.5, 0.6) is 5.75 Å². The topological polar surface area (TPSA) is 66.0 Å². The average Bonchev–Trinajstić information content (AvgIpc) is 3.09. The molecule has 2 aromatic rings. The second-order valence-corrected chi connectivity index (χ2v) is 9.03. The van der Waals surface area contributed by atoms with Crippen molar-refractivity contribution >= 4 is 28.3 Å². The summed E-state index contributed by atoms with van der Waals surface area (Å²) in [7, 11) is 0. The molecule has 0 bridgehead atoms. The van der Waals surface area contributed by atoms with E-state index in [0.29, 0.717) is 18.8 Å². The van der Waals surface area contributed by atoms with Crippen LogP contribution in [-0.2, 0) is 9.59 Å². The number of benzene rings is 1. The number of piperidine rings is 1. The number of nitrogens with zero attached hydrogens (tertiary/aromatic N) is 4. The number of aryl methyl sites for hydroxylation is 1. The second kappa shape index (κ2) is 10.1. The van der Waals surface area contributed by atoms with E-state index in [4.69, 9.17) is 4.74 Å². The van der Waals surface area contributed by atoms with Crippen molar-refractivity contribution in [3.05, 3.63) is 41.4 Å². The Morgan fingerprint density at radius 2 is 1.81 bits per heavy atom. The molecule has 2 saturated heterocycles. The summed E-state index contributed by atoms with van der Waals surface area (Å²) in [6.45, 7) is 6.58. The molecule has 0 aliphatic carbocycles. The van der Waals surface area contributed by atoms with E-state index < -0.39 is 0 Å². The normalized spacial score (nSPS) is 18.0. The Kier molecular flexibility index (Phi) is 7.06. The summed E-state index contributed by atoms with van der Waals surface area (Å²) in [6, 6.07) is 9.37. The van der Waals surface area contributed by atoms with Gasteiger partial charge in [0.25, 0.3) is 5.91 Å². The van der Waals surface area contributed by atoms with Crippen molar-refractivity contribution in [1.82, 2.24) is 14.8 Å². The number of rotatable bonds is 5. The molecule has 7 nitrogen and oxygen atoms in total. The fourth-order valence-corrected chi connectivity index (χ4v) is 5.06. The zero-order valence-corrected chi connectivity index (χ0v) is 18.9. The summed E-state index contributed by atoms with van der Waals surface area (Å²) in [5.41, 5.74) is 1.05. The van der Waals surface area contributed by atoms with Crippen molar-refractivity contribution in [2.24, 2.45) is 5.92 Å². The molecule has 0 spiro atoms. The third kappa shape index (κ3) is 5.55. The van der Waals surface area contributed by atoms with Crippen molar-refractivity contribution in [3.8, 4) is 5.75 Å². The number of anilines is 1. The Morgan fingerprint density at radius 1 is 1.03 bits per heavy atom. The van der Waals surface area contributed by atoms with Gasteiger partial charge in [-0.1, -0.05) is 18.2 Å². The molecule has 1 aromatic heterocycles. The zero-order chi connectivity index (χ0) is 21.6. The molecule has 2 fully saturated rings. The van der Waals surface area contributed by atoms with Gasteiger partial charge in [0, 0.05) is 50.6 Å². The van der Waals surface area contributed by atoms with Gasteiger partial charge in [0.15, 0.2) is 11.7 Å². The Morgan fingerprint density at radius 3 is 2.52 bits per heavy atom. The SMILES string of the molecule is Cc1csc(N2CCCN(C(=O)C3CCN(C(=O)COc4ccccc4)CC3)CC2)n1. The number of para-hydroxylation sites is 1. The summed E-state index contributed by atoms with van der Waals surface area (Å²) in [5.74, 6) is 0.931. The molecule has 2 aliphatic rings. The standard InChI is InChI=1S/C23H30N4O3S/c1-18-17-31-23(24-18)27-11-5-10-26(14-15-27)22(29)19-8-12-25(13-9-19)21(28)16-30-20-6-3-2-4-7-20/h2-4,6-7,17,19H,5,8-16H2,1H3. The smallest absolute Gasteiger partial charge is 0.260 e. The van der Waals surface area contributed by atoms with E-state index in [1.165, 1.54) is 0 Å². The van der Waals surface area contributed by atoms with Gasteiger partial charge < -0.3 is 19.4 Å². The first-order chi connectivity index (χ1) is 15.1. The number of likely N-dealkylation sites (tertiary alicyclic amines) is 1. The van der Waals surface area contributed by atoms with Crippen molar-refractivity contribution in [2.75, 3.05) is 50.8 Å². The van der Waals surface area contributed by atoms with E-state index in [1.807, 2.05) is 47.1 Å². The predicted octanol–water partition coefficient (Wildman–Crippen LogP) is 2.81. The monoisotopic (exact) mass is 442 g/mol. The predicted molar refractivity (Wildman–Crippen MR) is 122 cm³/mol. The van der Waals surface area contributed by atoms with E-state index in [-0.39, 0.29) is 24.3 Å². The lowest BCUT2D eigenvalue weighted by atomic mass is 9.95. The second-order valence-electron chi connectivity index (χ2n) is 8.19. The molecule has 0 unspecified atom stereocenters. The van der Waals surface area contributed by atoms with E-state index in [1.54, 1.807) is 11.3 Å². The van der Waals surface area contributed by atoms with Crippen LogP contribution in [0.25, 0.3) is 0 Å². The molecule has 166 valence electrons. The zero-order valence-electron chi connectivity index (χ0n) is 18.0. The quantitative estimate of drug-likeness (QED) is 0.712. The molecule has 2 amide bonds. The number of thiazole rings is 1. The molecule has 4 rings (SSSR count). The van der Waals surface area contributed by atoms with E-state index in [2.05, 4.69) is 15.3 Å². The summed E-state index contributed by atoms with van der Waals surface area (Å²) >= 11 is 1.67. The maximum atomic E-state index is 13.1. The summed E-state index contributed by atoms with van der Waals surface area (Å²) in [4.78, 5) is 36.3.